The van der Waals surface area contributed by atoms with Crippen LogP contribution in [-0.4, -0.2) is 72.4 Å². The van der Waals surface area contributed by atoms with Crippen molar-refractivity contribution in [2.75, 3.05) is 33.4 Å². The third kappa shape index (κ3) is 4.46. The number of aliphatic carboxylic acids is 1. The molecule has 0 radical (unpaired) electrons. The summed E-state index contributed by atoms with van der Waals surface area (Å²) in [6.45, 7) is 0.737. The van der Waals surface area contributed by atoms with Crippen LogP contribution in [0.5, 0.6) is 0 Å². The molecule has 0 aromatic heterocycles. The van der Waals surface area contributed by atoms with E-state index in [1.165, 1.54) is 12.0 Å². The van der Waals surface area contributed by atoms with Gasteiger partial charge in [0.15, 0.2) is 0 Å². The summed E-state index contributed by atoms with van der Waals surface area (Å²) >= 11 is 0. The Morgan fingerprint density at radius 1 is 1.55 bits per heavy atom. The fourth-order valence-electron chi connectivity index (χ4n) is 2.04. The van der Waals surface area contributed by atoms with Crippen molar-refractivity contribution in [1.82, 2.24) is 10.2 Å². The van der Waals surface area contributed by atoms with Crippen molar-refractivity contribution in [2.45, 2.75) is 18.9 Å². The van der Waals surface area contributed by atoms with Gasteiger partial charge in [-0.1, -0.05) is 0 Å². The van der Waals surface area contributed by atoms with Crippen molar-refractivity contribution >= 4 is 17.8 Å². The molecule has 1 rings (SSSR count). The monoisotopic (exact) mass is 288 g/mol. The molecule has 0 bridgehead atoms. The minimum absolute atomic E-state index is 0.0604. The van der Waals surface area contributed by atoms with Crippen molar-refractivity contribution < 1.29 is 29.3 Å². The molecule has 0 aromatic carbocycles. The highest BCUT2D eigenvalue weighted by atomic mass is 16.5. The van der Waals surface area contributed by atoms with Crippen LogP contribution in [0.3, 0.4) is 0 Å². The number of methoxy groups -OCH3 is 1. The van der Waals surface area contributed by atoms with E-state index in [0.717, 1.165) is 0 Å². The topological polar surface area (TPSA) is 116 Å². The molecule has 2 unspecified atom stereocenters. The van der Waals surface area contributed by atoms with Gasteiger partial charge in [0, 0.05) is 39.6 Å². The molecule has 20 heavy (non-hydrogen) atoms. The highest BCUT2D eigenvalue weighted by molar-refractivity contribution is 5.91. The Hall–Kier alpha value is -1.67. The molecular formula is C12H20N2O6. The molecule has 0 aromatic rings. The standard InChI is InChI=1S/C12H20N2O6/c1-20-5-3-14-7-8(6-10(14)16)11(17)13-9(2-4-15)12(18)19/h8-9,15H,2-7H2,1H3,(H,13,17)(H,18,19). The summed E-state index contributed by atoms with van der Waals surface area (Å²) in [5, 5.41) is 20.0. The molecule has 114 valence electrons. The highest BCUT2D eigenvalue weighted by Crippen LogP contribution is 2.17. The van der Waals surface area contributed by atoms with Crippen LogP contribution in [0.2, 0.25) is 0 Å². The number of carboxylic acid groups (broad SMARTS) is 1. The Kier molecular flexibility index (Phi) is 6.40. The van der Waals surface area contributed by atoms with E-state index in [4.69, 9.17) is 14.9 Å². The molecule has 8 heteroatoms. The number of hydrogen-bond donors (Lipinski definition) is 3. The van der Waals surface area contributed by atoms with Crippen LogP contribution in [-0.2, 0) is 19.1 Å². The summed E-state index contributed by atoms with van der Waals surface area (Å²) in [5.74, 6) is -2.37. The number of aliphatic hydroxyl groups excluding tert-OH is 1. The van der Waals surface area contributed by atoms with Crippen LogP contribution in [0.25, 0.3) is 0 Å². The molecule has 0 spiro atoms. The fourth-order valence-corrected chi connectivity index (χ4v) is 2.04. The first-order valence-electron chi connectivity index (χ1n) is 6.40. The molecular weight excluding hydrogens is 268 g/mol. The first-order chi connectivity index (χ1) is 9.49. The Bertz CT molecular complexity index is 373. The normalized spacial score (nSPS) is 20.0. The van der Waals surface area contributed by atoms with Crippen LogP contribution in [0.15, 0.2) is 0 Å². The van der Waals surface area contributed by atoms with Crippen molar-refractivity contribution in [3.05, 3.63) is 0 Å². The van der Waals surface area contributed by atoms with E-state index in [1.807, 2.05) is 0 Å². The van der Waals surface area contributed by atoms with Crippen LogP contribution >= 0.6 is 0 Å². The maximum absolute atomic E-state index is 11.9. The zero-order chi connectivity index (χ0) is 15.1. The van der Waals surface area contributed by atoms with Gasteiger partial charge in [0.2, 0.25) is 11.8 Å². The number of amides is 2. The third-order valence-electron chi connectivity index (χ3n) is 3.18. The number of likely N-dealkylation sites (tertiary alicyclic amines) is 1. The lowest BCUT2D eigenvalue weighted by Gasteiger charge is -2.17. The number of ether oxygens (including phenoxy) is 1. The van der Waals surface area contributed by atoms with Gasteiger partial charge in [-0.3, -0.25) is 9.59 Å². The Morgan fingerprint density at radius 3 is 2.80 bits per heavy atom. The Labute approximate surface area is 116 Å². The Balaban J connectivity index is 2.52. The number of carbonyl (C=O) groups excluding carboxylic acids is 2. The average Bonchev–Trinajstić information content (AvgIpc) is 2.77. The van der Waals surface area contributed by atoms with E-state index in [-0.39, 0.29) is 31.9 Å². The maximum Gasteiger partial charge on any atom is 0.326 e. The summed E-state index contributed by atoms with van der Waals surface area (Å²) < 4.78 is 4.88. The smallest absolute Gasteiger partial charge is 0.326 e. The highest BCUT2D eigenvalue weighted by Gasteiger charge is 2.35. The molecule has 8 nitrogen and oxygen atoms in total. The predicted octanol–water partition coefficient (Wildman–Crippen LogP) is -1.57. The quantitative estimate of drug-likeness (QED) is 0.497. The molecule has 1 aliphatic rings. The SMILES string of the molecule is COCCN1CC(C(=O)NC(CCO)C(=O)O)CC1=O. The summed E-state index contributed by atoms with van der Waals surface area (Å²) in [6.07, 6.45) is 0.0101. The molecule has 2 atom stereocenters. The lowest BCUT2D eigenvalue weighted by Crippen LogP contribution is -2.44. The number of hydrogen-bond acceptors (Lipinski definition) is 5. The van der Waals surface area contributed by atoms with Gasteiger partial charge in [-0.15, -0.1) is 0 Å². The van der Waals surface area contributed by atoms with Crippen molar-refractivity contribution in [3.63, 3.8) is 0 Å². The van der Waals surface area contributed by atoms with Crippen LogP contribution in [0.1, 0.15) is 12.8 Å². The van der Waals surface area contributed by atoms with E-state index in [1.54, 1.807) is 0 Å². The fraction of sp³-hybridized carbons (Fsp3) is 0.750. The minimum atomic E-state index is -1.20. The van der Waals surface area contributed by atoms with Gasteiger partial charge < -0.3 is 25.2 Å². The first-order valence-corrected chi connectivity index (χ1v) is 6.40. The van der Waals surface area contributed by atoms with Gasteiger partial charge in [-0.05, 0) is 0 Å². The number of nitrogens with one attached hydrogen (secondary N) is 1. The van der Waals surface area contributed by atoms with Crippen molar-refractivity contribution in [3.8, 4) is 0 Å². The molecule has 1 aliphatic heterocycles. The lowest BCUT2D eigenvalue weighted by atomic mass is 10.1. The average molecular weight is 288 g/mol. The Morgan fingerprint density at radius 2 is 2.25 bits per heavy atom. The summed E-state index contributed by atoms with van der Waals surface area (Å²) in [5.41, 5.74) is 0. The number of nitrogens with zero attached hydrogens (tertiary/aromatic N) is 1. The van der Waals surface area contributed by atoms with Crippen LogP contribution in [0, 0.1) is 5.92 Å². The van der Waals surface area contributed by atoms with Crippen molar-refractivity contribution in [1.29, 1.82) is 0 Å². The molecule has 0 saturated carbocycles. The molecule has 1 fully saturated rings. The van der Waals surface area contributed by atoms with Gasteiger partial charge in [0.25, 0.3) is 0 Å². The molecule has 1 heterocycles. The third-order valence-corrected chi connectivity index (χ3v) is 3.18. The predicted molar refractivity (Wildman–Crippen MR) is 67.8 cm³/mol. The second-order valence-corrected chi connectivity index (χ2v) is 4.65. The second-order valence-electron chi connectivity index (χ2n) is 4.65. The van der Waals surface area contributed by atoms with Gasteiger partial charge >= 0.3 is 5.97 Å². The van der Waals surface area contributed by atoms with E-state index in [2.05, 4.69) is 5.32 Å². The molecule has 0 aliphatic carbocycles. The summed E-state index contributed by atoms with van der Waals surface area (Å²) in [7, 11) is 1.52. The van der Waals surface area contributed by atoms with Gasteiger partial charge in [-0.2, -0.15) is 0 Å². The van der Waals surface area contributed by atoms with Gasteiger partial charge in [0.05, 0.1) is 12.5 Å². The van der Waals surface area contributed by atoms with E-state index in [0.29, 0.717) is 13.2 Å². The van der Waals surface area contributed by atoms with E-state index in [9.17, 15) is 14.4 Å². The van der Waals surface area contributed by atoms with Crippen LogP contribution in [0.4, 0.5) is 0 Å². The largest absolute Gasteiger partial charge is 0.480 e. The first kappa shape index (κ1) is 16.4. The molecule has 3 N–H and O–H groups in total. The number of aliphatic hydroxyl groups is 1. The number of carboxylic acids is 1. The summed E-state index contributed by atoms with van der Waals surface area (Å²) in [4.78, 5) is 36.0. The van der Waals surface area contributed by atoms with Crippen LogP contribution < -0.4 is 5.32 Å². The number of rotatable bonds is 8. The van der Waals surface area contributed by atoms with Gasteiger partial charge in [0.1, 0.15) is 6.04 Å². The summed E-state index contributed by atoms with van der Waals surface area (Å²) in [6, 6.07) is -1.13. The zero-order valence-corrected chi connectivity index (χ0v) is 11.4. The van der Waals surface area contributed by atoms with Gasteiger partial charge in [-0.25, -0.2) is 4.79 Å². The van der Waals surface area contributed by atoms with Crippen molar-refractivity contribution in [2.24, 2.45) is 5.92 Å². The number of carbonyl (C=O) groups is 3. The van der Waals surface area contributed by atoms with E-state index >= 15 is 0 Å². The minimum Gasteiger partial charge on any atom is -0.480 e. The maximum atomic E-state index is 11.9. The lowest BCUT2D eigenvalue weighted by molar-refractivity contribution is -0.142. The van der Waals surface area contributed by atoms with E-state index < -0.39 is 23.8 Å². The second kappa shape index (κ2) is 7.81. The molecule has 2 amide bonds. The molecule has 1 saturated heterocycles. The zero-order valence-electron chi connectivity index (χ0n) is 11.4.